The second kappa shape index (κ2) is 19.3. The van der Waals surface area contributed by atoms with Gasteiger partial charge in [-0.2, -0.15) is 0 Å². The van der Waals surface area contributed by atoms with Crippen LogP contribution in [0.25, 0.3) is 0 Å². The van der Waals surface area contributed by atoms with Crippen LogP contribution in [0.15, 0.2) is 12.2 Å². The number of unbranched alkanes of at least 4 members (excludes halogenated alkanes) is 12. The van der Waals surface area contributed by atoms with Crippen LogP contribution in [0.5, 0.6) is 0 Å². The predicted molar refractivity (Wildman–Crippen MR) is 131 cm³/mol. The number of carbonyl (C=O) groups excluding carboxylic acids is 1. The van der Waals surface area contributed by atoms with Crippen molar-refractivity contribution in [2.75, 3.05) is 0 Å². The van der Waals surface area contributed by atoms with E-state index in [1.165, 1.54) is 89.9 Å². The molecule has 1 unspecified atom stereocenters. The van der Waals surface area contributed by atoms with Gasteiger partial charge in [-0.3, -0.25) is 0 Å². The molecule has 0 aromatic heterocycles. The molecule has 0 saturated heterocycles. The van der Waals surface area contributed by atoms with Crippen LogP contribution in [0.2, 0.25) is 14.8 Å². The number of thiol groups is 1. The maximum absolute atomic E-state index is 11.8. The molecule has 0 aliphatic carbocycles. The molecule has 0 aliphatic rings. The summed E-state index contributed by atoms with van der Waals surface area (Å²) in [7, 11) is 0. The number of rotatable bonds is 19. The summed E-state index contributed by atoms with van der Waals surface area (Å²) in [6.45, 7) is 2.27. The quantitative estimate of drug-likeness (QED) is 0.0802. The molecule has 0 radical (unpaired) electrons. The average molecular weight is 519 g/mol. The fourth-order valence-electron chi connectivity index (χ4n) is 3.31. The fraction of sp³-hybridized carbons (Fsp3) is 0.875. The molecule has 0 heterocycles. The molecule has 0 saturated carbocycles. The van der Waals surface area contributed by atoms with Crippen LogP contribution in [0.4, 0.5) is 0 Å². The van der Waals surface area contributed by atoms with Gasteiger partial charge in [0, 0.05) is 0 Å². The van der Waals surface area contributed by atoms with Crippen LogP contribution >= 0.6 is 12.6 Å². The van der Waals surface area contributed by atoms with Gasteiger partial charge in [-0.05, 0) is 12.8 Å². The van der Waals surface area contributed by atoms with Crippen molar-refractivity contribution in [3.8, 4) is 0 Å². The normalized spacial score (nSPS) is 13.2. The third-order valence-corrected chi connectivity index (χ3v) is 7.71. The van der Waals surface area contributed by atoms with E-state index < -0.39 is 18.8 Å². The van der Waals surface area contributed by atoms with E-state index >= 15 is 0 Å². The van der Waals surface area contributed by atoms with E-state index in [0.29, 0.717) is 6.42 Å². The molecule has 166 valence electrons. The number of hydrogen-bond donors (Lipinski definition) is 1. The molecular formula is C24H48O2SSn. The van der Waals surface area contributed by atoms with E-state index in [2.05, 4.69) is 46.5 Å². The molecule has 0 bridgehead atoms. The van der Waals surface area contributed by atoms with Gasteiger partial charge in [-0.1, -0.05) is 51.2 Å². The van der Waals surface area contributed by atoms with Gasteiger partial charge in [0.05, 0.1) is 0 Å². The first-order valence-corrected chi connectivity index (χ1v) is 22.1. The SMILES string of the molecule is CCCCCCCC/C=C\CCCCCCCCC(S)CC(=O)[O][Sn]([CH3])([CH3])[CH3]. The first-order valence-electron chi connectivity index (χ1n) is 11.9. The zero-order chi connectivity index (χ0) is 21.1. The fourth-order valence-corrected chi connectivity index (χ4v) is 5.82. The summed E-state index contributed by atoms with van der Waals surface area (Å²) in [4.78, 5) is 18.2. The Labute approximate surface area is 186 Å². The summed E-state index contributed by atoms with van der Waals surface area (Å²) in [5.41, 5.74) is 0. The van der Waals surface area contributed by atoms with E-state index in [1.54, 1.807) is 0 Å². The van der Waals surface area contributed by atoms with Crippen LogP contribution in [0, 0.1) is 0 Å². The monoisotopic (exact) mass is 520 g/mol. The van der Waals surface area contributed by atoms with Crippen LogP contribution in [-0.2, 0) is 7.87 Å². The van der Waals surface area contributed by atoms with Crippen molar-refractivity contribution in [1.82, 2.24) is 0 Å². The van der Waals surface area contributed by atoms with Crippen molar-refractivity contribution in [2.45, 2.75) is 130 Å². The summed E-state index contributed by atoms with van der Waals surface area (Å²) >= 11 is 2.11. The molecule has 0 fully saturated rings. The Balaban J connectivity index is 3.35. The number of allylic oxidation sites excluding steroid dienone is 2. The van der Waals surface area contributed by atoms with Gasteiger partial charge in [0.2, 0.25) is 0 Å². The van der Waals surface area contributed by atoms with Crippen molar-refractivity contribution >= 4 is 37.4 Å². The van der Waals surface area contributed by atoms with E-state index in [0.717, 1.165) is 6.42 Å². The second-order valence-electron chi connectivity index (χ2n) is 9.17. The first-order chi connectivity index (χ1) is 13.3. The van der Waals surface area contributed by atoms with Crippen molar-refractivity contribution < 1.29 is 7.87 Å². The Bertz CT molecular complexity index is 391. The van der Waals surface area contributed by atoms with Gasteiger partial charge in [0.15, 0.2) is 0 Å². The van der Waals surface area contributed by atoms with E-state index in [1.807, 2.05) is 0 Å². The minimum atomic E-state index is -2.45. The van der Waals surface area contributed by atoms with Gasteiger partial charge in [0.1, 0.15) is 0 Å². The molecular weight excluding hydrogens is 471 g/mol. The molecule has 0 amide bonds. The Morgan fingerprint density at radius 1 is 0.821 bits per heavy atom. The van der Waals surface area contributed by atoms with E-state index in [4.69, 9.17) is 3.07 Å². The van der Waals surface area contributed by atoms with E-state index in [9.17, 15) is 4.79 Å². The Hall–Kier alpha value is 0.359. The third-order valence-electron chi connectivity index (χ3n) is 4.87. The standard InChI is InChI=1S/C21H40O2S.3CH3.Sn/c1-2-3-4-5-6-7-8-9-10-11-12-13-14-15-16-17-18-20(24)19-21(22)23;;;;/h9-10,20,24H,2-8,11-19H2,1H3,(H,22,23);3*1H3;/q;;;;+1/p-1/b10-9-;;;;. The molecule has 1 atom stereocenters. The zero-order valence-corrected chi connectivity index (χ0v) is 23.1. The van der Waals surface area contributed by atoms with E-state index in [-0.39, 0.29) is 11.2 Å². The van der Waals surface area contributed by atoms with Gasteiger partial charge < -0.3 is 0 Å². The summed E-state index contributed by atoms with van der Waals surface area (Å²) in [5, 5.41) is 0.165. The molecule has 0 rings (SSSR count). The molecule has 0 spiro atoms. The van der Waals surface area contributed by atoms with Gasteiger partial charge in [-0.15, -0.1) is 0 Å². The number of carbonyl (C=O) groups is 1. The van der Waals surface area contributed by atoms with Crippen molar-refractivity contribution in [1.29, 1.82) is 0 Å². The third kappa shape index (κ3) is 22.6. The molecule has 2 nitrogen and oxygen atoms in total. The van der Waals surface area contributed by atoms with Crippen LogP contribution in [0.1, 0.15) is 110 Å². The molecule has 0 aromatic rings. The zero-order valence-electron chi connectivity index (χ0n) is 19.3. The van der Waals surface area contributed by atoms with Crippen LogP contribution in [0.3, 0.4) is 0 Å². The maximum atomic E-state index is 11.8. The summed E-state index contributed by atoms with van der Waals surface area (Å²) in [5.74, 6) is -0.0344. The summed E-state index contributed by atoms with van der Waals surface area (Å²) < 4.78 is 5.56. The number of hydrogen-bond acceptors (Lipinski definition) is 3. The predicted octanol–water partition coefficient (Wildman–Crippen LogP) is 8.48. The second-order valence-corrected chi connectivity index (χ2v) is 22.5. The van der Waals surface area contributed by atoms with Gasteiger partial charge >= 0.3 is 123 Å². The van der Waals surface area contributed by atoms with Crippen LogP contribution < -0.4 is 0 Å². The average Bonchev–Trinajstić information content (AvgIpc) is 2.59. The Morgan fingerprint density at radius 3 is 1.79 bits per heavy atom. The van der Waals surface area contributed by atoms with Crippen molar-refractivity contribution in [2.24, 2.45) is 0 Å². The molecule has 0 N–H and O–H groups in total. The molecule has 0 aliphatic heterocycles. The Kier molecular flexibility index (Phi) is 19.6. The minimum absolute atomic E-state index is 0.0344. The van der Waals surface area contributed by atoms with Crippen LogP contribution in [-0.4, -0.2) is 30.0 Å². The van der Waals surface area contributed by atoms with Gasteiger partial charge in [0.25, 0.3) is 0 Å². The molecule has 28 heavy (non-hydrogen) atoms. The first kappa shape index (κ1) is 28.4. The summed E-state index contributed by atoms with van der Waals surface area (Å²) in [6, 6.07) is 0. The molecule has 4 heteroatoms. The topological polar surface area (TPSA) is 26.3 Å². The summed E-state index contributed by atoms with van der Waals surface area (Å²) in [6.07, 6.45) is 24.9. The van der Waals surface area contributed by atoms with Gasteiger partial charge in [-0.25, -0.2) is 0 Å². The Morgan fingerprint density at radius 2 is 1.29 bits per heavy atom. The van der Waals surface area contributed by atoms with Crippen molar-refractivity contribution in [3.63, 3.8) is 0 Å². The molecule has 0 aromatic carbocycles. The van der Waals surface area contributed by atoms with Crippen molar-refractivity contribution in [3.05, 3.63) is 12.2 Å².